The van der Waals surface area contributed by atoms with E-state index in [1.165, 1.54) is 17.0 Å². The van der Waals surface area contributed by atoms with E-state index in [1.807, 2.05) is 14.7 Å². The fourth-order valence-electron chi connectivity index (χ4n) is 11.0. The first-order valence-corrected chi connectivity index (χ1v) is 21.4. The number of nitrogens with zero attached hydrogens (tertiary/aromatic N) is 6. The number of hydrogen-bond acceptors (Lipinski definition) is 9. The molecule has 3 saturated heterocycles. The summed E-state index contributed by atoms with van der Waals surface area (Å²) in [6.07, 6.45) is 2.74. The zero-order valence-corrected chi connectivity index (χ0v) is 34.2. The number of aromatic amines is 1. The van der Waals surface area contributed by atoms with Crippen LogP contribution in [0.1, 0.15) is 100 Å². The van der Waals surface area contributed by atoms with E-state index in [0.29, 0.717) is 56.9 Å². The minimum atomic E-state index is -2.69. The molecule has 10 rings (SSSR count). The van der Waals surface area contributed by atoms with Crippen LogP contribution in [0.25, 0.3) is 10.9 Å². The van der Waals surface area contributed by atoms with Crippen LogP contribution in [0.15, 0.2) is 42.6 Å². The van der Waals surface area contributed by atoms with Crippen LogP contribution in [0.3, 0.4) is 0 Å². The van der Waals surface area contributed by atoms with Gasteiger partial charge in [0.15, 0.2) is 0 Å². The zero-order valence-electron chi connectivity index (χ0n) is 34.2. The van der Waals surface area contributed by atoms with Crippen molar-refractivity contribution in [3.8, 4) is 0 Å². The van der Waals surface area contributed by atoms with Gasteiger partial charge in [-0.15, -0.1) is 0 Å². The first-order valence-electron chi connectivity index (χ1n) is 21.4. The molecular weight excluding hydrogens is 809 g/mol. The van der Waals surface area contributed by atoms with E-state index in [4.69, 9.17) is 0 Å². The van der Waals surface area contributed by atoms with E-state index in [1.54, 1.807) is 37.4 Å². The monoisotopic (exact) mass is 854 g/mol. The van der Waals surface area contributed by atoms with Crippen LogP contribution in [-0.4, -0.2) is 117 Å². The van der Waals surface area contributed by atoms with Gasteiger partial charge in [-0.05, 0) is 103 Å². The number of rotatable bonds is 7. The molecule has 1 spiro atoms. The number of carbonyl (C=O) groups excluding carboxylic acids is 5. The van der Waals surface area contributed by atoms with Gasteiger partial charge in [0.05, 0.1) is 42.0 Å². The average Bonchev–Trinajstić information content (AvgIpc) is 3.94. The number of anilines is 1. The van der Waals surface area contributed by atoms with Crippen molar-refractivity contribution in [2.75, 3.05) is 44.2 Å². The highest BCUT2D eigenvalue weighted by molar-refractivity contribution is 6.23. The van der Waals surface area contributed by atoms with Crippen LogP contribution in [0.4, 0.5) is 23.2 Å². The van der Waals surface area contributed by atoms with E-state index in [0.717, 1.165) is 58.2 Å². The number of H-pyrrole nitrogens is 1. The second-order valence-corrected chi connectivity index (χ2v) is 18.0. The highest BCUT2D eigenvalue weighted by Crippen LogP contribution is 2.46. The molecule has 0 radical (unpaired) electrons. The maximum Gasteiger partial charge on any atom is 0.262 e. The third-order valence-corrected chi connectivity index (χ3v) is 14.4. The Kier molecular flexibility index (Phi) is 9.96. The molecule has 3 aromatic carbocycles. The largest absolute Gasteiger partial charge is 0.371 e. The van der Waals surface area contributed by atoms with Crippen molar-refractivity contribution in [1.82, 2.24) is 35.1 Å². The highest BCUT2D eigenvalue weighted by Gasteiger charge is 2.46. The summed E-state index contributed by atoms with van der Waals surface area (Å²) in [7, 11) is 0. The number of halogens is 4. The van der Waals surface area contributed by atoms with Gasteiger partial charge >= 0.3 is 0 Å². The molecule has 3 fully saturated rings. The maximum absolute atomic E-state index is 16.3. The molecule has 0 bridgehead atoms. The van der Waals surface area contributed by atoms with Crippen molar-refractivity contribution in [1.29, 1.82) is 0 Å². The number of amides is 5. The Morgan fingerprint density at radius 1 is 0.903 bits per heavy atom. The van der Waals surface area contributed by atoms with Gasteiger partial charge in [0.25, 0.3) is 18.2 Å². The molecule has 1 unspecified atom stereocenters. The van der Waals surface area contributed by atoms with Gasteiger partial charge in [-0.3, -0.25) is 49.1 Å². The summed E-state index contributed by atoms with van der Waals surface area (Å²) < 4.78 is 60.5. The van der Waals surface area contributed by atoms with Gasteiger partial charge in [0, 0.05) is 68.4 Å². The lowest BCUT2D eigenvalue weighted by molar-refractivity contribution is -0.137. The average molecular weight is 855 g/mol. The van der Waals surface area contributed by atoms with Crippen LogP contribution in [0.2, 0.25) is 0 Å². The number of likely N-dealkylation sites (tertiary alicyclic amines) is 1. The van der Waals surface area contributed by atoms with Crippen molar-refractivity contribution in [3.63, 3.8) is 0 Å². The smallest absolute Gasteiger partial charge is 0.262 e. The lowest BCUT2D eigenvalue weighted by Gasteiger charge is -2.47. The van der Waals surface area contributed by atoms with Crippen molar-refractivity contribution >= 4 is 46.1 Å². The molecule has 0 saturated carbocycles. The van der Waals surface area contributed by atoms with Crippen molar-refractivity contribution in [3.05, 3.63) is 93.2 Å². The molecular formula is C45H46F4N8O5. The number of benzene rings is 3. The van der Waals surface area contributed by atoms with Crippen molar-refractivity contribution < 1.29 is 41.5 Å². The van der Waals surface area contributed by atoms with Crippen molar-refractivity contribution in [2.24, 2.45) is 5.41 Å². The number of piperidine rings is 3. The van der Waals surface area contributed by atoms with E-state index in [9.17, 15) is 32.8 Å². The van der Waals surface area contributed by atoms with Gasteiger partial charge in [0.2, 0.25) is 17.7 Å². The maximum atomic E-state index is 16.3. The minimum Gasteiger partial charge on any atom is -0.371 e. The summed E-state index contributed by atoms with van der Waals surface area (Å²) in [5.74, 6) is -3.75. The van der Waals surface area contributed by atoms with E-state index in [-0.39, 0.29) is 47.4 Å². The van der Waals surface area contributed by atoms with Gasteiger partial charge < -0.3 is 9.80 Å². The second kappa shape index (κ2) is 15.3. The second-order valence-electron chi connectivity index (χ2n) is 18.0. The Morgan fingerprint density at radius 3 is 2.18 bits per heavy atom. The summed E-state index contributed by atoms with van der Waals surface area (Å²) in [5, 5.41) is 10.1. The molecule has 62 heavy (non-hydrogen) atoms. The van der Waals surface area contributed by atoms with Gasteiger partial charge in [0.1, 0.15) is 17.7 Å². The Labute approximate surface area is 354 Å². The minimum absolute atomic E-state index is 0.00357. The summed E-state index contributed by atoms with van der Waals surface area (Å²) in [6.45, 7) is 4.56. The molecule has 13 nitrogen and oxygen atoms in total. The fourth-order valence-corrected chi connectivity index (χ4v) is 11.0. The van der Waals surface area contributed by atoms with E-state index < -0.39 is 66.4 Å². The normalized spacial score (nSPS) is 24.0. The van der Waals surface area contributed by atoms with E-state index in [2.05, 4.69) is 15.5 Å². The SMILES string of the molecule is C[C@@H]1Cc2c(ccc3[nH]ncc23)[C@@H](c2c(F)cc(N3CCC4(CCN(C(=O)CN5Cc6cc7c(cc6C5)C(=O)N(C5CCC(=O)NC5=O)C7=O)CC4)CC3)cc2F)N1CC(F)F. The van der Waals surface area contributed by atoms with Crippen LogP contribution in [-0.2, 0) is 33.9 Å². The first-order chi connectivity index (χ1) is 29.8. The Balaban J connectivity index is 0.758. The molecule has 7 heterocycles. The molecule has 1 aromatic heterocycles. The predicted octanol–water partition coefficient (Wildman–Crippen LogP) is 5.07. The summed E-state index contributed by atoms with van der Waals surface area (Å²) in [5.41, 5.74) is 4.53. The molecule has 2 N–H and O–H groups in total. The molecule has 6 aliphatic rings. The molecule has 5 amide bonds. The van der Waals surface area contributed by atoms with Crippen LogP contribution in [0.5, 0.6) is 0 Å². The number of fused-ring (bicyclic) bond motifs is 5. The molecule has 6 aliphatic heterocycles. The number of alkyl halides is 2. The number of carbonyl (C=O) groups is 5. The lowest BCUT2D eigenvalue weighted by atomic mass is 9.71. The molecule has 0 aliphatic carbocycles. The zero-order chi connectivity index (χ0) is 43.2. The third-order valence-electron chi connectivity index (χ3n) is 14.4. The van der Waals surface area contributed by atoms with Gasteiger partial charge in [-0.1, -0.05) is 6.07 Å². The van der Waals surface area contributed by atoms with E-state index >= 15 is 8.78 Å². The molecule has 17 heteroatoms. The Morgan fingerprint density at radius 2 is 1.55 bits per heavy atom. The third kappa shape index (κ3) is 6.83. The van der Waals surface area contributed by atoms with Crippen LogP contribution in [0, 0.1) is 17.0 Å². The highest BCUT2D eigenvalue weighted by atomic mass is 19.3. The predicted molar refractivity (Wildman–Crippen MR) is 217 cm³/mol. The van der Waals surface area contributed by atoms with Crippen LogP contribution >= 0.6 is 0 Å². The topological polar surface area (TPSA) is 142 Å². The number of aromatic nitrogens is 2. The Hall–Kier alpha value is -5.68. The van der Waals surface area contributed by atoms with Crippen molar-refractivity contribution in [2.45, 2.75) is 89.5 Å². The molecule has 4 aromatic rings. The number of hydrogen-bond donors (Lipinski definition) is 2. The summed E-state index contributed by atoms with van der Waals surface area (Å²) in [6, 6.07) is 7.11. The lowest BCUT2D eigenvalue weighted by Crippen LogP contribution is -2.54. The Bertz CT molecular complexity index is 2480. The van der Waals surface area contributed by atoms with Gasteiger partial charge in [-0.2, -0.15) is 5.10 Å². The van der Waals surface area contributed by atoms with Crippen LogP contribution < -0.4 is 10.2 Å². The first kappa shape index (κ1) is 40.4. The fraction of sp³-hybridized carbons (Fsp3) is 0.467. The molecule has 3 atom stereocenters. The summed E-state index contributed by atoms with van der Waals surface area (Å²) >= 11 is 0. The molecule has 324 valence electrons. The summed E-state index contributed by atoms with van der Waals surface area (Å²) in [4.78, 5) is 72.6. The quantitative estimate of drug-likeness (QED) is 0.193. The standard InChI is InChI=1S/C45H46F4N8O5/c1-24-14-29-28(2-3-35-32(29)19-50-52-35)41(56(24)22-37(48)49)40-33(46)17-27(18-34(40)47)54-10-6-45(7-11-54)8-12-55(13-9-45)39(59)23-53-20-25-15-30-31(16-26(25)21-53)44(62)57(43(30)61)36-4-5-38(58)51-42(36)60/h2-3,15-19,24,36-37,41H,4-14,20-23H2,1H3,(H,50,52)(H,51,58,60)/t24-,36?,41+/m1/s1. The number of nitrogens with one attached hydrogen (secondary N) is 2. The van der Waals surface area contributed by atoms with Gasteiger partial charge in [-0.25, -0.2) is 17.6 Å². The number of imide groups is 2.